The highest BCUT2D eigenvalue weighted by Crippen LogP contribution is 2.31. The molecule has 7 heteroatoms. The maximum absolute atomic E-state index is 12.4. The van der Waals surface area contributed by atoms with Crippen LogP contribution in [0.2, 0.25) is 5.02 Å². The Hall–Kier alpha value is -2.31. The van der Waals surface area contributed by atoms with Crippen molar-refractivity contribution in [1.82, 2.24) is 15.0 Å². The molecule has 3 aromatic rings. The molecule has 1 aromatic heterocycles. The number of nitrogens with zero attached hydrogens (tertiary/aromatic N) is 3. The maximum atomic E-state index is 12.4. The Morgan fingerprint density at radius 1 is 1.22 bits per heavy atom. The molecule has 1 unspecified atom stereocenters. The van der Waals surface area contributed by atoms with Gasteiger partial charge >= 0.3 is 0 Å². The van der Waals surface area contributed by atoms with Gasteiger partial charge in [0.1, 0.15) is 0 Å². The molecule has 0 radical (unpaired) electrons. The summed E-state index contributed by atoms with van der Waals surface area (Å²) in [6.07, 6.45) is 2.41. The van der Waals surface area contributed by atoms with Crippen molar-refractivity contribution >= 4 is 29.3 Å². The Kier molecular flexibility index (Phi) is 5.18. The van der Waals surface area contributed by atoms with Crippen LogP contribution in [-0.4, -0.2) is 33.7 Å². The smallest absolute Gasteiger partial charge is 0.232 e. The zero-order valence-corrected chi connectivity index (χ0v) is 16.3. The number of likely N-dealkylation sites (tertiary alicyclic amines) is 1. The minimum atomic E-state index is -0.0910. The Morgan fingerprint density at radius 3 is 2.74 bits per heavy atom. The van der Waals surface area contributed by atoms with Crippen LogP contribution in [0.15, 0.2) is 57.9 Å². The largest absolute Gasteiger partial charge is 0.339 e. The van der Waals surface area contributed by atoms with Gasteiger partial charge in [0.15, 0.2) is 0 Å². The summed E-state index contributed by atoms with van der Waals surface area (Å²) in [5.41, 5.74) is 1.84. The first-order chi connectivity index (χ1) is 13.1. The summed E-state index contributed by atoms with van der Waals surface area (Å²) in [6.45, 7) is 1.04. The molecule has 0 spiro atoms. The molecule has 0 N–H and O–H groups in total. The third kappa shape index (κ3) is 3.87. The van der Waals surface area contributed by atoms with Gasteiger partial charge < -0.3 is 9.42 Å². The Balaban J connectivity index is 1.47. The van der Waals surface area contributed by atoms with Gasteiger partial charge in [-0.15, -0.1) is 11.8 Å². The van der Waals surface area contributed by atoms with Crippen LogP contribution in [0.25, 0.3) is 11.4 Å². The summed E-state index contributed by atoms with van der Waals surface area (Å²) in [6, 6.07) is 15.6. The van der Waals surface area contributed by atoms with Crippen molar-refractivity contribution in [2.45, 2.75) is 23.8 Å². The number of aromatic nitrogens is 2. The highest BCUT2D eigenvalue weighted by molar-refractivity contribution is 7.98. The van der Waals surface area contributed by atoms with Crippen molar-refractivity contribution in [3.8, 4) is 11.4 Å². The van der Waals surface area contributed by atoms with Crippen LogP contribution < -0.4 is 0 Å². The van der Waals surface area contributed by atoms with E-state index in [4.69, 9.17) is 16.1 Å². The summed E-state index contributed by atoms with van der Waals surface area (Å²) >= 11 is 7.90. The average Bonchev–Trinajstić information content (AvgIpc) is 3.31. The number of hydrogen-bond donors (Lipinski definition) is 0. The van der Waals surface area contributed by atoms with E-state index in [-0.39, 0.29) is 11.8 Å². The monoisotopic (exact) mass is 399 g/mol. The lowest BCUT2D eigenvalue weighted by Crippen LogP contribution is -2.24. The highest BCUT2D eigenvalue weighted by Gasteiger charge is 2.34. The Labute approximate surface area is 166 Å². The van der Waals surface area contributed by atoms with E-state index in [0.29, 0.717) is 36.2 Å². The molecule has 0 bridgehead atoms. The molecular formula is C20H18ClN3O2S. The van der Waals surface area contributed by atoms with Gasteiger partial charge in [0.2, 0.25) is 17.6 Å². The molecule has 1 aliphatic heterocycles. The Morgan fingerprint density at radius 2 is 2.00 bits per heavy atom. The van der Waals surface area contributed by atoms with E-state index in [0.717, 1.165) is 11.1 Å². The summed E-state index contributed by atoms with van der Waals surface area (Å²) in [4.78, 5) is 19.9. The number of rotatable bonds is 5. The fraction of sp³-hybridized carbons (Fsp3) is 0.250. The third-order valence-corrected chi connectivity index (χ3v) is 5.79. The van der Waals surface area contributed by atoms with E-state index in [1.54, 1.807) is 16.7 Å². The van der Waals surface area contributed by atoms with Crippen LogP contribution in [0.3, 0.4) is 0 Å². The average molecular weight is 400 g/mol. The molecule has 2 aromatic carbocycles. The lowest BCUT2D eigenvalue weighted by molar-refractivity contribution is -0.128. The van der Waals surface area contributed by atoms with E-state index in [1.807, 2.05) is 54.8 Å². The van der Waals surface area contributed by atoms with Gasteiger partial charge in [0.25, 0.3) is 0 Å². The van der Waals surface area contributed by atoms with Gasteiger partial charge in [-0.25, -0.2) is 0 Å². The van der Waals surface area contributed by atoms with Crippen LogP contribution in [0.1, 0.15) is 23.8 Å². The molecule has 1 fully saturated rings. The van der Waals surface area contributed by atoms with Crippen LogP contribution in [0.5, 0.6) is 0 Å². The number of benzene rings is 2. The van der Waals surface area contributed by atoms with Crippen molar-refractivity contribution < 1.29 is 9.32 Å². The summed E-state index contributed by atoms with van der Waals surface area (Å²) in [5.74, 6) is 1.04. The normalized spacial score (nSPS) is 16.9. The number of thioether (sulfide) groups is 1. The first-order valence-electron chi connectivity index (χ1n) is 8.63. The molecule has 1 aliphatic rings. The second kappa shape index (κ2) is 7.74. The van der Waals surface area contributed by atoms with E-state index in [9.17, 15) is 4.79 Å². The number of amides is 1. The molecule has 0 saturated carbocycles. The number of hydrogen-bond acceptors (Lipinski definition) is 5. The first kappa shape index (κ1) is 18.1. The SMILES string of the molecule is CSc1ccc(-c2noc(C3CC(=O)N(Cc4ccccc4Cl)C3)n2)cc1. The van der Waals surface area contributed by atoms with Gasteiger partial charge in [-0.05, 0) is 42.2 Å². The fourth-order valence-corrected chi connectivity index (χ4v) is 3.78. The van der Waals surface area contributed by atoms with Gasteiger partial charge in [-0.1, -0.05) is 35.0 Å². The van der Waals surface area contributed by atoms with Crippen molar-refractivity contribution in [3.05, 3.63) is 65.0 Å². The molecule has 27 heavy (non-hydrogen) atoms. The minimum Gasteiger partial charge on any atom is -0.339 e. The first-order valence-corrected chi connectivity index (χ1v) is 10.2. The van der Waals surface area contributed by atoms with E-state index >= 15 is 0 Å². The standard InChI is InChI=1S/C20H18ClN3O2S/c1-27-16-8-6-13(7-9-16)19-22-20(26-23-19)15-10-18(25)24(12-15)11-14-4-2-3-5-17(14)21/h2-9,15H,10-12H2,1H3. The maximum Gasteiger partial charge on any atom is 0.232 e. The van der Waals surface area contributed by atoms with Crippen LogP contribution in [0.4, 0.5) is 0 Å². The predicted octanol–water partition coefficient (Wildman–Crippen LogP) is 4.63. The third-order valence-electron chi connectivity index (χ3n) is 4.67. The van der Waals surface area contributed by atoms with E-state index < -0.39 is 0 Å². The number of carbonyl (C=O) groups excluding carboxylic acids is 1. The topological polar surface area (TPSA) is 59.2 Å². The Bertz CT molecular complexity index is 958. The van der Waals surface area contributed by atoms with Crippen molar-refractivity contribution in [2.24, 2.45) is 0 Å². The van der Waals surface area contributed by atoms with Crippen molar-refractivity contribution in [3.63, 3.8) is 0 Å². The molecular weight excluding hydrogens is 382 g/mol. The van der Waals surface area contributed by atoms with Gasteiger partial charge in [0, 0.05) is 35.0 Å². The fourth-order valence-electron chi connectivity index (χ4n) is 3.18. The minimum absolute atomic E-state index is 0.0731. The van der Waals surface area contributed by atoms with E-state index in [2.05, 4.69) is 10.1 Å². The van der Waals surface area contributed by atoms with Crippen molar-refractivity contribution in [1.29, 1.82) is 0 Å². The highest BCUT2D eigenvalue weighted by atomic mass is 35.5. The van der Waals surface area contributed by atoms with Crippen LogP contribution in [0, 0.1) is 0 Å². The predicted molar refractivity (Wildman–Crippen MR) is 106 cm³/mol. The second-order valence-electron chi connectivity index (χ2n) is 6.45. The molecule has 5 nitrogen and oxygen atoms in total. The van der Waals surface area contributed by atoms with Crippen molar-refractivity contribution in [2.75, 3.05) is 12.8 Å². The zero-order chi connectivity index (χ0) is 18.8. The molecule has 0 aliphatic carbocycles. The molecule has 1 amide bonds. The number of carbonyl (C=O) groups is 1. The van der Waals surface area contributed by atoms with Gasteiger partial charge in [-0.3, -0.25) is 4.79 Å². The van der Waals surface area contributed by atoms with Crippen LogP contribution >= 0.6 is 23.4 Å². The zero-order valence-electron chi connectivity index (χ0n) is 14.8. The number of halogens is 1. The molecule has 1 atom stereocenters. The summed E-state index contributed by atoms with van der Waals surface area (Å²) < 4.78 is 5.46. The van der Waals surface area contributed by atoms with E-state index in [1.165, 1.54) is 4.90 Å². The quantitative estimate of drug-likeness (QED) is 0.585. The molecule has 4 rings (SSSR count). The van der Waals surface area contributed by atoms with Gasteiger partial charge in [0.05, 0.1) is 5.92 Å². The van der Waals surface area contributed by atoms with Crippen LogP contribution in [-0.2, 0) is 11.3 Å². The summed E-state index contributed by atoms with van der Waals surface area (Å²) in [5, 5.41) is 4.76. The lowest BCUT2D eigenvalue weighted by Gasteiger charge is -2.16. The second-order valence-corrected chi connectivity index (χ2v) is 7.74. The lowest BCUT2D eigenvalue weighted by atomic mass is 10.1. The molecule has 138 valence electrons. The molecule has 1 saturated heterocycles. The molecule has 2 heterocycles. The summed E-state index contributed by atoms with van der Waals surface area (Å²) in [7, 11) is 0. The van der Waals surface area contributed by atoms with Gasteiger partial charge in [-0.2, -0.15) is 4.98 Å².